The molecule has 2 fully saturated rings. The molecule has 1 spiro atoms. The Bertz CT molecular complexity index is 791. The molecule has 2 aromatic heterocycles. The molecule has 7 heteroatoms. The van der Waals surface area contributed by atoms with Crippen LogP contribution in [0.2, 0.25) is 0 Å². The smallest absolute Gasteiger partial charge is 0.259 e. The van der Waals surface area contributed by atoms with Crippen molar-refractivity contribution < 1.29 is 14.1 Å². The minimum atomic E-state index is -0.155. The van der Waals surface area contributed by atoms with Crippen LogP contribution in [0.25, 0.3) is 0 Å². The van der Waals surface area contributed by atoms with Crippen LogP contribution in [0.4, 0.5) is 0 Å². The van der Waals surface area contributed by atoms with Gasteiger partial charge >= 0.3 is 0 Å². The van der Waals surface area contributed by atoms with E-state index in [4.69, 9.17) is 9.26 Å². The van der Waals surface area contributed by atoms with Crippen LogP contribution < -0.4 is 0 Å². The molecule has 0 bridgehead atoms. The SMILES string of the molecule is CCc1oncc1C(=O)N1CC2(CC[C@H](CN(C)Cc3cccnc3)CO2)C1. The Hall–Kier alpha value is -2.25. The van der Waals surface area contributed by atoms with Gasteiger partial charge in [0.2, 0.25) is 0 Å². The molecule has 2 saturated heterocycles. The quantitative estimate of drug-likeness (QED) is 0.762. The number of ether oxygens (including phenoxy) is 1. The number of rotatable bonds is 6. The molecular formula is C21H28N4O3. The summed E-state index contributed by atoms with van der Waals surface area (Å²) in [6.07, 6.45) is 8.06. The maximum absolute atomic E-state index is 12.6. The zero-order valence-corrected chi connectivity index (χ0v) is 16.6. The molecule has 28 heavy (non-hydrogen) atoms. The van der Waals surface area contributed by atoms with Crippen molar-refractivity contribution in [1.82, 2.24) is 19.9 Å². The number of nitrogens with zero attached hydrogens (tertiary/aromatic N) is 4. The Labute approximate surface area is 165 Å². The third kappa shape index (κ3) is 3.95. The second-order valence-electron chi connectivity index (χ2n) is 8.13. The highest BCUT2D eigenvalue weighted by atomic mass is 16.5. The number of aromatic nitrogens is 2. The fraction of sp³-hybridized carbons (Fsp3) is 0.571. The number of likely N-dealkylation sites (tertiary alicyclic amines) is 1. The van der Waals surface area contributed by atoms with Crippen molar-refractivity contribution in [2.45, 2.75) is 38.3 Å². The van der Waals surface area contributed by atoms with Gasteiger partial charge in [-0.2, -0.15) is 0 Å². The van der Waals surface area contributed by atoms with Gasteiger partial charge < -0.3 is 19.1 Å². The van der Waals surface area contributed by atoms with Crippen LogP contribution in [-0.4, -0.2) is 64.7 Å². The lowest BCUT2D eigenvalue weighted by atomic mass is 9.82. The summed E-state index contributed by atoms with van der Waals surface area (Å²) >= 11 is 0. The van der Waals surface area contributed by atoms with Crippen molar-refractivity contribution in [2.75, 3.05) is 33.3 Å². The average Bonchev–Trinajstić information content (AvgIpc) is 3.16. The van der Waals surface area contributed by atoms with Gasteiger partial charge in [0.25, 0.3) is 5.91 Å². The summed E-state index contributed by atoms with van der Waals surface area (Å²) in [4.78, 5) is 21.0. The lowest BCUT2D eigenvalue weighted by Crippen LogP contribution is -2.66. The van der Waals surface area contributed by atoms with Gasteiger partial charge in [-0.05, 0) is 37.4 Å². The number of hydrogen-bond donors (Lipinski definition) is 0. The molecule has 2 aliphatic heterocycles. The fourth-order valence-electron chi connectivity index (χ4n) is 4.28. The van der Waals surface area contributed by atoms with E-state index in [1.165, 1.54) is 11.8 Å². The summed E-state index contributed by atoms with van der Waals surface area (Å²) in [6, 6.07) is 4.08. The monoisotopic (exact) mass is 384 g/mol. The molecule has 2 aromatic rings. The Morgan fingerprint density at radius 1 is 1.39 bits per heavy atom. The summed E-state index contributed by atoms with van der Waals surface area (Å²) in [5.41, 5.74) is 1.66. The standard InChI is InChI=1S/C21H28N4O3/c1-3-19-18(10-23-28-19)20(26)25-14-21(15-25)7-6-17(13-27-21)12-24(2)11-16-5-4-8-22-9-16/h4-5,8-10,17H,3,6-7,11-15H2,1-2H3/t17-/m1/s1. The Balaban J connectivity index is 1.23. The van der Waals surface area contributed by atoms with Gasteiger partial charge in [-0.3, -0.25) is 9.78 Å². The lowest BCUT2D eigenvalue weighted by Gasteiger charge is -2.52. The van der Waals surface area contributed by atoms with E-state index in [1.807, 2.05) is 24.1 Å². The summed E-state index contributed by atoms with van der Waals surface area (Å²) in [5.74, 6) is 1.19. The predicted octanol–water partition coefficient (Wildman–Crippen LogP) is 2.39. The van der Waals surface area contributed by atoms with Gasteiger partial charge in [0.15, 0.2) is 0 Å². The van der Waals surface area contributed by atoms with Gasteiger partial charge in [-0.25, -0.2) is 0 Å². The Morgan fingerprint density at radius 3 is 2.93 bits per heavy atom. The van der Waals surface area contributed by atoms with Gasteiger partial charge in [0, 0.05) is 31.9 Å². The first kappa shape index (κ1) is 19.1. The summed E-state index contributed by atoms with van der Waals surface area (Å²) in [7, 11) is 2.14. The first-order chi connectivity index (χ1) is 13.6. The Kier molecular flexibility index (Phi) is 5.46. The van der Waals surface area contributed by atoms with Crippen molar-refractivity contribution in [1.29, 1.82) is 0 Å². The predicted molar refractivity (Wildman–Crippen MR) is 104 cm³/mol. The van der Waals surface area contributed by atoms with E-state index < -0.39 is 0 Å². The van der Waals surface area contributed by atoms with Crippen LogP contribution in [0.5, 0.6) is 0 Å². The molecule has 4 heterocycles. The molecule has 150 valence electrons. The van der Waals surface area contributed by atoms with Crippen LogP contribution in [0.15, 0.2) is 35.2 Å². The number of aryl methyl sites for hydroxylation is 1. The number of pyridine rings is 1. The van der Waals surface area contributed by atoms with E-state index in [9.17, 15) is 4.79 Å². The fourth-order valence-corrected chi connectivity index (χ4v) is 4.28. The molecule has 4 rings (SSSR count). The molecule has 0 unspecified atom stereocenters. The minimum absolute atomic E-state index is 0.00523. The van der Waals surface area contributed by atoms with Gasteiger partial charge in [-0.15, -0.1) is 0 Å². The molecule has 1 amide bonds. The topological polar surface area (TPSA) is 71.7 Å². The zero-order chi connectivity index (χ0) is 19.6. The number of amides is 1. The third-order valence-corrected chi connectivity index (χ3v) is 5.82. The number of hydrogen-bond acceptors (Lipinski definition) is 6. The van der Waals surface area contributed by atoms with E-state index in [2.05, 4.69) is 28.2 Å². The van der Waals surface area contributed by atoms with E-state index in [1.54, 1.807) is 6.20 Å². The summed E-state index contributed by atoms with van der Waals surface area (Å²) in [5, 5.41) is 3.76. The molecule has 1 atom stereocenters. The van der Waals surface area contributed by atoms with Crippen LogP contribution in [0.1, 0.15) is 41.4 Å². The van der Waals surface area contributed by atoms with Crippen molar-refractivity contribution in [3.05, 3.63) is 47.6 Å². The second-order valence-corrected chi connectivity index (χ2v) is 8.13. The number of carbonyl (C=O) groups is 1. The minimum Gasteiger partial charge on any atom is -0.371 e. The van der Waals surface area contributed by atoms with Crippen LogP contribution >= 0.6 is 0 Å². The van der Waals surface area contributed by atoms with Gasteiger partial charge in [-0.1, -0.05) is 18.1 Å². The van der Waals surface area contributed by atoms with E-state index in [0.717, 1.165) is 32.5 Å². The van der Waals surface area contributed by atoms with E-state index in [0.29, 0.717) is 36.8 Å². The molecule has 0 radical (unpaired) electrons. The maximum Gasteiger partial charge on any atom is 0.259 e. The first-order valence-electron chi connectivity index (χ1n) is 10.0. The number of carbonyl (C=O) groups excluding carboxylic acids is 1. The molecule has 0 aliphatic carbocycles. The van der Waals surface area contributed by atoms with Gasteiger partial charge in [0.05, 0.1) is 25.9 Å². The maximum atomic E-state index is 12.6. The van der Waals surface area contributed by atoms with Crippen LogP contribution in [0.3, 0.4) is 0 Å². The van der Waals surface area contributed by atoms with E-state index >= 15 is 0 Å². The average molecular weight is 384 g/mol. The normalized spacial score (nSPS) is 21.1. The Morgan fingerprint density at radius 2 is 2.25 bits per heavy atom. The molecule has 0 aromatic carbocycles. The van der Waals surface area contributed by atoms with Crippen molar-refractivity contribution >= 4 is 5.91 Å². The van der Waals surface area contributed by atoms with Gasteiger partial charge in [0.1, 0.15) is 16.9 Å². The highest BCUT2D eigenvalue weighted by Crippen LogP contribution is 2.37. The highest BCUT2D eigenvalue weighted by Gasteiger charge is 2.49. The van der Waals surface area contributed by atoms with E-state index in [-0.39, 0.29) is 11.5 Å². The second kappa shape index (κ2) is 8.01. The lowest BCUT2D eigenvalue weighted by molar-refractivity contribution is -0.168. The van der Waals surface area contributed by atoms with Crippen LogP contribution in [-0.2, 0) is 17.7 Å². The third-order valence-electron chi connectivity index (χ3n) is 5.82. The molecule has 7 nitrogen and oxygen atoms in total. The molecular weight excluding hydrogens is 356 g/mol. The summed E-state index contributed by atoms with van der Waals surface area (Å²) < 4.78 is 11.4. The molecule has 0 N–H and O–H groups in total. The van der Waals surface area contributed by atoms with Crippen molar-refractivity contribution in [3.63, 3.8) is 0 Å². The first-order valence-corrected chi connectivity index (χ1v) is 10.0. The van der Waals surface area contributed by atoms with Crippen LogP contribution in [0, 0.1) is 5.92 Å². The molecule has 0 saturated carbocycles. The van der Waals surface area contributed by atoms with Crippen molar-refractivity contribution in [3.8, 4) is 0 Å². The molecule has 2 aliphatic rings. The largest absolute Gasteiger partial charge is 0.371 e. The zero-order valence-electron chi connectivity index (χ0n) is 16.6. The summed E-state index contributed by atoms with van der Waals surface area (Å²) in [6.45, 7) is 5.96. The van der Waals surface area contributed by atoms with Crippen molar-refractivity contribution in [2.24, 2.45) is 5.92 Å². The highest BCUT2D eigenvalue weighted by molar-refractivity contribution is 5.95.